The van der Waals surface area contributed by atoms with Gasteiger partial charge in [-0.15, -0.1) is 11.3 Å². The van der Waals surface area contributed by atoms with Crippen LogP contribution in [-0.2, 0) is 6.61 Å². The molecular formula is C12H9IO3S. The highest BCUT2D eigenvalue weighted by Gasteiger charge is 2.07. The Morgan fingerprint density at radius 2 is 2.18 bits per heavy atom. The molecule has 3 nitrogen and oxygen atoms in total. The number of aromatic carboxylic acids is 1. The molecule has 0 aliphatic heterocycles. The summed E-state index contributed by atoms with van der Waals surface area (Å²) in [5.74, 6) is -0.0994. The van der Waals surface area contributed by atoms with Crippen molar-refractivity contribution in [2.24, 2.45) is 0 Å². The highest BCUT2D eigenvalue weighted by molar-refractivity contribution is 14.1. The van der Waals surface area contributed by atoms with Crippen molar-refractivity contribution in [3.05, 3.63) is 49.7 Å². The van der Waals surface area contributed by atoms with Crippen LogP contribution in [0.3, 0.4) is 0 Å². The third-order valence-electron chi connectivity index (χ3n) is 2.05. The van der Waals surface area contributed by atoms with Crippen molar-refractivity contribution in [2.45, 2.75) is 6.61 Å². The number of benzene rings is 1. The van der Waals surface area contributed by atoms with Gasteiger partial charge in [0.25, 0.3) is 0 Å². The van der Waals surface area contributed by atoms with Crippen LogP contribution < -0.4 is 4.74 Å². The Kier molecular flexibility index (Phi) is 4.01. The molecule has 0 atom stereocenters. The number of ether oxygens (including phenoxy) is 1. The first-order chi connectivity index (χ1) is 8.15. The Bertz CT molecular complexity index is 536. The van der Waals surface area contributed by atoms with Crippen molar-refractivity contribution in [1.29, 1.82) is 0 Å². The molecule has 0 aliphatic carbocycles. The van der Waals surface area contributed by atoms with Gasteiger partial charge in [-0.1, -0.05) is 6.07 Å². The number of thiophene rings is 1. The van der Waals surface area contributed by atoms with Gasteiger partial charge >= 0.3 is 5.97 Å². The monoisotopic (exact) mass is 360 g/mol. The first-order valence-corrected chi connectivity index (χ1v) is 6.75. The average molecular weight is 360 g/mol. The molecule has 0 saturated heterocycles. The maximum atomic E-state index is 10.7. The van der Waals surface area contributed by atoms with Gasteiger partial charge in [0.05, 0.1) is 0 Å². The predicted molar refractivity (Wildman–Crippen MR) is 74.8 cm³/mol. The van der Waals surface area contributed by atoms with Gasteiger partial charge in [-0.3, -0.25) is 0 Å². The molecule has 5 heteroatoms. The minimum Gasteiger partial charge on any atom is -0.488 e. The molecular weight excluding hydrogens is 351 g/mol. The van der Waals surface area contributed by atoms with E-state index in [1.165, 1.54) is 11.3 Å². The summed E-state index contributed by atoms with van der Waals surface area (Å²) in [7, 11) is 0. The van der Waals surface area contributed by atoms with Crippen LogP contribution in [0.4, 0.5) is 0 Å². The van der Waals surface area contributed by atoms with Gasteiger partial charge in [-0.2, -0.15) is 0 Å². The summed E-state index contributed by atoms with van der Waals surface area (Å²) in [6.07, 6.45) is 0. The van der Waals surface area contributed by atoms with Crippen molar-refractivity contribution in [3.8, 4) is 5.75 Å². The Morgan fingerprint density at radius 1 is 1.35 bits per heavy atom. The van der Waals surface area contributed by atoms with Crippen LogP contribution in [0.25, 0.3) is 0 Å². The Balaban J connectivity index is 2.00. The van der Waals surface area contributed by atoms with Crippen LogP contribution in [0.2, 0.25) is 0 Å². The molecule has 0 bridgehead atoms. The van der Waals surface area contributed by atoms with E-state index in [1.807, 2.05) is 24.3 Å². The lowest BCUT2D eigenvalue weighted by molar-refractivity contribution is 0.0702. The minimum absolute atomic E-state index is 0.339. The molecule has 0 radical (unpaired) electrons. The van der Waals surface area contributed by atoms with Gasteiger partial charge in [0, 0.05) is 8.45 Å². The van der Waals surface area contributed by atoms with Gasteiger partial charge in [-0.25, -0.2) is 4.79 Å². The average Bonchev–Trinajstić information content (AvgIpc) is 2.75. The molecule has 0 spiro atoms. The standard InChI is InChI=1S/C12H9IO3S/c13-8-2-1-3-9(6-8)16-7-10-4-5-11(17-10)12(14)15/h1-6H,7H2,(H,14,15). The summed E-state index contributed by atoms with van der Waals surface area (Å²) in [4.78, 5) is 11.9. The van der Waals surface area contributed by atoms with Crippen molar-refractivity contribution in [2.75, 3.05) is 0 Å². The quantitative estimate of drug-likeness (QED) is 0.847. The van der Waals surface area contributed by atoms with Crippen LogP contribution in [0.15, 0.2) is 36.4 Å². The second-order valence-corrected chi connectivity index (χ2v) is 5.73. The number of carboxylic acids is 1. The first-order valence-electron chi connectivity index (χ1n) is 4.85. The molecule has 17 heavy (non-hydrogen) atoms. The number of carbonyl (C=O) groups is 1. The van der Waals surface area contributed by atoms with E-state index in [0.717, 1.165) is 14.2 Å². The van der Waals surface area contributed by atoms with E-state index in [2.05, 4.69) is 22.6 Å². The molecule has 1 N–H and O–H groups in total. The van der Waals surface area contributed by atoms with E-state index < -0.39 is 5.97 Å². The minimum atomic E-state index is -0.893. The van der Waals surface area contributed by atoms with Gasteiger partial charge in [-0.05, 0) is 52.9 Å². The van der Waals surface area contributed by atoms with Gasteiger partial charge in [0.15, 0.2) is 0 Å². The van der Waals surface area contributed by atoms with E-state index in [9.17, 15) is 4.79 Å². The summed E-state index contributed by atoms with van der Waals surface area (Å²) in [5, 5.41) is 8.79. The van der Waals surface area contributed by atoms with E-state index >= 15 is 0 Å². The Morgan fingerprint density at radius 3 is 2.82 bits per heavy atom. The lowest BCUT2D eigenvalue weighted by atomic mass is 10.3. The second kappa shape index (κ2) is 5.50. The van der Waals surface area contributed by atoms with E-state index in [-0.39, 0.29) is 0 Å². The zero-order chi connectivity index (χ0) is 12.3. The van der Waals surface area contributed by atoms with Crippen molar-refractivity contribution in [3.63, 3.8) is 0 Å². The van der Waals surface area contributed by atoms with Crippen LogP contribution in [0.1, 0.15) is 14.5 Å². The molecule has 1 aromatic heterocycles. The van der Waals surface area contributed by atoms with Crippen molar-refractivity contribution >= 4 is 39.9 Å². The fraction of sp³-hybridized carbons (Fsp3) is 0.0833. The predicted octanol–water partition coefficient (Wildman–Crippen LogP) is 3.63. The molecule has 0 unspecified atom stereocenters. The summed E-state index contributed by atoms with van der Waals surface area (Å²) >= 11 is 3.46. The fourth-order valence-electron chi connectivity index (χ4n) is 1.28. The molecule has 88 valence electrons. The molecule has 2 rings (SSSR count). The molecule has 0 amide bonds. The number of hydrogen-bond donors (Lipinski definition) is 1. The molecule has 0 fully saturated rings. The maximum absolute atomic E-state index is 10.7. The number of hydrogen-bond acceptors (Lipinski definition) is 3. The van der Waals surface area contributed by atoms with Crippen molar-refractivity contribution in [1.82, 2.24) is 0 Å². The molecule has 0 saturated carbocycles. The first kappa shape index (κ1) is 12.4. The van der Waals surface area contributed by atoms with Gasteiger partial charge in [0.2, 0.25) is 0 Å². The number of rotatable bonds is 4. The summed E-state index contributed by atoms with van der Waals surface area (Å²) < 4.78 is 6.69. The molecule has 1 heterocycles. The van der Waals surface area contributed by atoms with Gasteiger partial charge in [0.1, 0.15) is 17.2 Å². The molecule has 2 aromatic rings. The number of carboxylic acid groups (broad SMARTS) is 1. The normalized spacial score (nSPS) is 10.2. The largest absolute Gasteiger partial charge is 0.488 e. The maximum Gasteiger partial charge on any atom is 0.345 e. The summed E-state index contributed by atoms with van der Waals surface area (Å²) in [6, 6.07) is 11.1. The lowest BCUT2D eigenvalue weighted by Crippen LogP contribution is -1.93. The molecule has 0 aliphatic rings. The third-order valence-corrected chi connectivity index (χ3v) is 3.77. The SMILES string of the molecule is O=C(O)c1ccc(COc2cccc(I)c2)s1. The molecule has 1 aromatic carbocycles. The van der Waals surface area contributed by atoms with Crippen LogP contribution in [0, 0.1) is 3.57 Å². The lowest BCUT2D eigenvalue weighted by Gasteiger charge is -2.04. The highest BCUT2D eigenvalue weighted by Crippen LogP contribution is 2.20. The zero-order valence-electron chi connectivity index (χ0n) is 8.72. The topological polar surface area (TPSA) is 46.5 Å². The van der Waals surface area contributed by atoms with E-state index in [4.69, 9.17) is 9.84 Å². The zero-order valence-corrected chi connectivity index (χ0v) is 11.7. The van der Waals surface area contributed by atoms with Crippen LogP contribution >= 0.6 is 33.9 Å². The van der Waals surface area contributed by atoms with E-state index in [1.54, 1.807) is 12.1 Å². The highest BCUT2D eigenvalue weighted by atomic mass is 127. The van der Waals surface area contributed by atoms with Crippen molar-refractivity contribution < 1.29 is 14.6 Å². The smallest absolute Gasteiger partial charge is 0.345 e. The van der Waals surface area contributed by atoms with Crippen LogP contribution in [-0.4, -0.2) is 11.1 Å². The Labute approximate surface area is 116 Å². The number of halogens is 1. The Hall–Kier alpha value is -1.08. The third kappa shape index (κ3) is 3.44. The summed E-state index contributed by atoms with van der Waals surface area (Å²) in [6.45, 7) is 0.401. The fourth-order valence-corrected chi connectivity index (χ4v) is 2.56. The van der Waals surface area contributed by atoms with Crippen LogP contribution in [0.5, 0.6) is 5.75 Å². The van der Waals surface area contributed by atoms with E-state index in [0.29, 0.717) is 11.5 Å². The summed E-state index contributed by atoms with van der Waals surface area (Å²) in [5.41, 5.74) is 0. The van der Waals surface area contributed by atoms with Gasteiger partial charge < -0.3 is 9.84 Å². The second-order valence-electron chi connectivity index (χ2n) is 3.32.